The first kappa shape index (κ1) is 20.9. The normalized spacial score (nSPS) is 24.4. The fraction of sp³-hybridized carbons (Fsp3) is 0.684. The van der Waals surface area contributed by atoms with Crippen LogP contribution in [0.15, 0.2) is 12.1 Å². The molecule has 0 saturated heterocycles. The zero-order chi connectivity index (χ0) is 18.8. The Hall–Kier alpha value is -1.38. The first-order chi connectivity index (χ1) is 12.6. The van der Waals surface area contributed by atoms with E-state index in [1.54, 1.807) is 19.2 Å². The third kappa shape index (κ3) is 7.09. The van der Waals surface area contributed by atoms with E-state index in [2.05, 4.69) is 0 Å². The Kier molecular flexibility index (Phi) is 9.14. The van der Waals surface area contributed by atoms with Gasteiger partial charge in [0.05, 0.1) is 72.2 Å². The first-order valence-corrected chi connectivity index (χ1v) is 8.95. The van der Waals surface area contributed by atoms with E-state index in [-0.39, 0.29) is 31.2 Å². The van der Waals surface area contributed by atoms with Crippen LogP contribution >= 0.6 is 0 Å². The van der Waals surface area contributed by atoms with Crippen LogP contribution in [0.4, 0.5) is 0 Å². The standard InChI is InChI=1S/C19H30O7/c1-14-10-23-12-16-8-18(21-3)9-17(19(16)20)13-24-11-15(2)26-7-5-22-4-6-25-14/h8-9,14-15,20H,4-7,10-13H2,1-3H3/t14-,15-/m0/s1. The molecule has 0 unspecified atom stereocenters. The Balaban J connectivity index is 2.06. The van der Waals surface area contributed by atoms with Gasteiger partial charge in [0.1, 0.15) is 11.5 Å². The fourth-order valence-electron chi connectivity index (χ4n) is 2.55. The summed E-state index contributed by atoms with van der Waals surface area (Å²) in [5, 5.41) is 10.5. The number of fused-ring (bicyclic) bond motifs is 2. The van der Waals surface area contributed by atoms with E-state index < -0.39 is 0 Å². The van der Waals surface area contributed by atoms with Crippen LogP contribution in [0.3, 0.4) is 0 Å². The maximum atomic E-state index is 10.5. The van der Waals surface area contributed by atoms with Crippen LogP contribution < -0.4 is 4.74 Å². The molecule has 2 rings (SSSR count). The summed E-state index contributed by atoms with van der Waals surface area (Å²) in [5.41, 5.74) is 1.31. The summed E-state index contributed by atoms with van der Waals surface area (Å²) in [6.07, 6.45) is -0.131. The highest BCUT2D eigenvalue weighted by Crippen LogP contribution is 2.30. The van der Waals surface area contributed by atoms with Crippen molar-refractivity contribution in [1.29, 1.82) is 0 Å². The molecule has 0 amide bonds. The van der Waals surface area contributed by atoms with Crippen molar-refractivity contribution < 1.29 is 33.5 Å². The highest BCUT2D eigenvalue weighted by molar-refractivity contribution is 5.45. The Bertz CT molecular complexity index is 494. The van der Waals surface area contributed by atoms with Gasteiger partial charge in [0.2, 0.25) is 0 Å². The monoisotopic (exact) mass is 370 g/mol. The van der Waals surface area contributed by atoms with Crippen LogP contribution in [0.25, 0.3) is 0 Å². The van der Waals surface area contributed by atoms with Gasteiger partial charge in [0.25, 0.3) is 0 Å². The second kappa shape index (κ2) is 11.4. The Morgan fingerprint density at radius 2 is 1.35 bits per heavy atom. The lowest BCUT2D eigenvalue weighted by Crippen LogP contribution is -2.21. The molecule has 0 radical (unpaired) electrons. The third-order valence-electron chi connectivity index (χ3n) is 3.96. The lowest BCUT2D eigenvalue weighted by Gasteiger charge is -2.18. The van der Waals surface area contributed by atoms with E-state index in [0.717, 1.165) is 0 Å². The van der Waals surface area contributed by atoms with Crippen molar-refractivity contribution in [2.24, 2.45) is 0 Å². The molecule has 0 aromatic heterocycles. The number of hydrogen-bond donors (Lipinski definition) is 1. The SMILES string of the molecule is COc1cc2c(O)c(c1)COC[C@H](C)OCCOCCO[C@@H](C)COC2. The molecule has 1 aliphatic rings. The van der Waals surface area contributed by atoms with Crippen LogP contribution in [0.1, 0.15) is 25.0 Å². The number of methoxy groups -OCH3 is 1. The predicted octanol–water partition coefficient (Wildman–Crippen LogP) is 2.27. The van der Waals surface area contributed by atoms with E-state index in [1.165, 1.54) is 0 Å². The molecule has 148 valence electrons. The molecule has 7 nitrogen and oxygen atoms in total. The maximum Gasteiger partial charge on any atom is 0.126 e. The van der Waals surface area contributed by atoms with E-state index in [4.69, 9.17) is 28.4 Å². The van der Waals surface area contributed by atoms with E-state index >= 15 is 0 Å². The van der Waals surface area contributed by atoms with Crippen molar-refractivity contribution in [3.8, 4) is 11.5 Å². The molecule has 2 atom stereocenters. The summed E-state index contributed by atoms with van der Waals surface area (Å²) in [5.74, 6) is 0.822. The molecule has 0 spiro atoms. The number of benzene rings is 1. The lowest BCUT2D eigenvalue weighted by molar-refractivity contribution is -0.0552. The van der Waals surface area contributed by atoms with E-state index in [0.29, 0.717) is 56.5 Å². The molecular weight excluding hydrogens is 340 g/mol. The average molecular weight is 370 g/mol. The van der Waals surface area contributed by atoms with Gasteiger partial charge >= 0.3 is 0 Å². The van der Waals surface area contributed by atoms with Gasteiger partial charge in [-0.15, -0.1) is 0 Å². The van der Waals surface area contributed by atoms with Crippen LogP contribution in [-0.2, 0) is 36.9 Å². The van der Waals surface area contributed by atoms with Crippen LogP contribution in [0, 0.1) is 0 Å². The second-order valence-electron chi connectivity index (χ2n) is 6.30. The molecule has 1 heterocycles. The van der Waals surface area contributed by atoms with Crippen LogP contribution in [-0.4, -0.2) is 64.1 Å². The summed E-state index contributed by atoms with van der Waals surface area (Å²) >= 11 is 0. The van der Waals surface area contributed by atoms with Gasteiger partial charge in [-0.3, -0.25) is 0 Å². The first-order valence-electron chi connectivity index (χ1n) is 8.95. The fourth-order valence-corrected chi connectivity index (χ4v) is 2.55. The van der Waals surface area contributed by atoms with Gasteiger partial charge in [-0.05, 0) is 26.0 Å². The largest absolute Gasteiger partial charge is 0.507 e. The molecule has 0 aliphatic carbocycles. The van der Waals surface area contributed by atoms with Crippen molar-refractivity contribution in [2.45, 2.75) is 39.3 Å². The van der Waals surface area contributed by atoms with Gasteiger partial charge in [-0.25, -0.2) is 0 Å². The van der Waals surface area contributed by atoms with Crippen LogP contribution in [0.2, 0.25) is 0 Å². The minimum atomic E-state index is -0.0655. The Labute approximate surface area is 155 Å². The number of phenolic OH excluding ortho intramolecular Hbond substituents is 1. The number of rotatable bonds is 1. The molecular formula is C19H30O7. The van der Waals surface area contributed by atoms with Gasteiger partial charge < -0.3 is 33.5 Å². The van der Waals surface area contributed by atoms with Crippen molar-refractivity contribution >= 4 is 0 Å². The molecule has 1 aromatic carbocycles. The zero-order valence-corrected chi connectivity index (χ0v) is 15.9. The molecule has 1 aliphatic heterocycles. The summed E-state index contributed by atoms with van der Waals surface area (Å²) in [4.78, 5) is 0. The number of aromatic hydroxyl groups is 1. The summed E-state index contributed by atoms with van der Waals surface area (Å²) < 4.78 is 33.4. The minimum Gasteiger partial charge on any atom is -0.507 e. The van der Waals surface area contributed by atoms with Crippen molar-refractivity contribution in [3.63, 3.8) is 0 Å². The molecule has 26 heavy (non-hydrogen) atoms. The summed E-state index contributed by atoms with van der Waals surface area (Å²) in [7, 11) is 1.59. The number of ether oxygens (including phenoxy) is 6. The quantitative estimate of drug-likeness (QED) is 0.813. The zero-order valence-electron chi connectivity index (χ0n) is 15.9. The van der Waals surface area contributed by atoms with Crippen molar-refractivity contribution in [3.05, 3.63) is 23.3 Å². The lowest BCUT2D eigenvalue weighted by atomic mass is 10.1. The average Bonchev–Trinajstić information content (AvgIpc) is 2.62. The van der Waals surface area contributed by atoms with Gasteiger partial charge in [0, 0.05) is 11.1 Å². The molecule has 1 N–H and O–H groups in total. The van der Waals surface area contributed by atoms with Crippen LogP contribution in [0.5, 0.6) is 11.5 Å². The van der Waals surface area contributed by atoms with Gasteiger partial charge in [0.15, 0.2) is 0 Å². The van der Waals surface area contributed by atoms with E-state index in [1.807, 2.05) is 13.8 Å². The number of hydrogen-bond acceptors (Lipinski definition) is 7. The van der Waals surface area contributed by atoms with E-state index in [9.17, 15) is 5.11 Å². The highest BCUT2D eigenvalue weighted by Gasteiger charge is 2.13. The molecule has 1 aromatic rings. The number of phenols is 1. The molecule has 0 saturated carbocycles. The smallest absolute Gasteiger partial charge is 0.126 e. The highest BCUT2D eigenvalue weighted by atomic mass is 16.6. The van der Waals surface area contributed by atoms with Gasteiger partial charge in [-0.1, -0.05) is 0 Å². The van der Waals surface area contributed by atoms with Crippen molar-refractivity contribution in [2.75, 3.05) is 46.8 Å². The summed E-state index contributed by atoms with van der Waals surface area (Å²) in [6.45, 7) is 7.26. The Morgan fingerprint density at radius 1 is 0.846 bits per heavy atom. The summed E-state index contributed by atoms with van der Waals surface area (Å²) in [6, 6.07) is 3.53. The Morgan fingerprint density at radius 3 is 1.81 bits per heavy atom. The van der Waals surface area contributed by atoms with Crippen molar-refractivity contribution in [1.82, 2.24) is 0 Å². The van der Waals surface area contributed by atoms with Gasteiger partial charge in [-0.2, -0.15) is 0 Å². The third-order valence-corrected chi connectivity index (χ3v) is 3.96. The predicted molar refractivity (Wildman–Crippen MR) is 95.6 cm³/mol. The second-order valence-corrected chi connectivity index (χ2v) is 6.30. The maximum absolute atomic E-state index is 10.5. The molecule has 7 heteroatoms. The minimum absolute atomic E-state index is 0.0655. The topological polar surface area (TPSA) is 75.6 Å². The molecule has 2 bridgehead atoms. The molecule has 0 fully saturated rings.